The van der Waals surface area contributed by atoms with Crippen LogP contribution in [0.2, 0.25) is 0 Å². The van der Waals surface area contributed by atoms with Crippen molar-refractivity contribution in [1.82, 2.24) is 5.32 Å². The van der Waals surface area contributed by atoms with Crippen LogP contribution in [0.5, 0.6) is 0 Å². The van der Waals surface area contributed by atoms with E-state index in [1.54, 1.807) is 0 Å². The molecular weight excluding hydrogens is 354 g/mol. The van der Waals surface area contributed by atoms with Crippen LogP contribution < -0.4 is 5.32 Å². The number of rotatable bonds is 17. The Morgan fingerprint density at radius 2 is 1.48 bits per heavy atom. The monoisotopic (exact) mass is 399 g/mol. The highest BCUT2D eigenvalue weighted by atomic mass is 32.1. The van der Waals surface area contributed by atoms with Crippen molar-refractivity contribution in [2.24, 2.45) is 17.8 Å². The van der Waals surface area contributed by atoms with Gasteiger partial charge in [-0.3, -0.25) is 4.79 Å². The van der Waals surface area contributed by atoms with Crippen LogP contribution >= 0.6 is 12.6 Å². The molecule has 2 N–H and O–H groups in total. The average Bonchev–Trinajstić information content (AvgIpc) is 2.58. The van der Waals surface area contributed by atoms with E-state index < -0.39 is 12.0 Å². The highest BCUT2D eigenvalue weighted by Gasteiger charge is 2.13. The number of nitrogens with one attached hydrogen (secondary N) is 1. The molecule has 160 valence electrons. The lowest BCUT2D eigenvalue weighted by atomic mass is 9.91. The summed E-state index contributed by atoms with van der Waals surface area (Å²) in [7, 11) is 0. The molecule has 0 aliphatic rings. The van der Waals surface area contributed by atoms with Crippen LogP contribution in [0, 0.1) is 17.8 Å². The number of carboxylic acid groups (broad SMARTS) is 1. The van der Waals surface area contributed by atoms with Gasteiger partial charge in [0.15, 0.2) is 0 Å². The number of hydrogen-bond donors (Lipinski definition) is 3. The highest BCUT2D eigenvalue weighted by Crippen LogP contribution is 2.21. The van der Waals surface area contributed by atoms with E-state index in [0.717, 1.165) is 24.2 Å². The van der Waals surface area contributed by atoms with Gasteiger partial charge in [0, 0.05) is 12.3 Å². The van der Waals surface area contributed by atoms with Crippen LogP contribution in [-0.4, -0.2) is 29.4 Å². The zero-order valence-corrected chi connectivity index (χ0v) is 19.4. The Hall–Kier alpha value is -0.480. The molecule has 0 aromatic heterocycles. The lowest BCUT2D eigenvalue weighted by Crippen LogP contribution is -2.38. The van der Waals surface area contributed by atoms with E-state index in [1.165, 1.54) is 56.9 Å². The standard InChI is InChI=1S/C23H45NO2S/c1-18(2)9-6-10-19(3)11-7-12-20(4)13-8-14-21(5)15-16-24-22(17-27)23(25)26/h15,18-20,22,24,27H,6-14,16-17H2,1-5H3,(H,25,26)/b21-15+. The average molecular weight is 400 g/mol. The minimum absolute atomic E-state index is 0.316. The van der Waals surface area contributed by atoms with Gasteiger partial charge in [0.2, 0.25) is 0 Å². The van der Waals surface area contributed by atoms with Crippen molar-refractivity contribution in [3.05, 3.63) is 11.6 Å². The molecule has 0 radical (unpaired) electrons. The zero-order valence-electron chi connectivity index (χ0n) is 18.5. The maximum absolute atomic E-state index is 10.9. The summed E-state index contributed by atoms with van der Waals surface area (Å²) in [6.45, 7) is 12.2. The van der Waals surface area contributed by atoms with Crippen LogP contribution in [0.1, 0.15) is 92.4 Å². The Labute approximate surface area is 174 Å². The van der Waals surface area contributed by atoms with Gasteiger partial charge >= 0.3 is 5.97 Å². The third-order valence-corrected chi connectivity index (χ3v) is 5.80. The summed E-state index contributed by atoms with van der Waals surface area (Å²) in [5.74, 6) is 2.00. The van der Waals surface area contributed by atoms with E-state index >= 15 is 0 Å². The molecule has 0 amide bonds. The van der Waals surface area contributed by atoms with Gasteiger partial charge in [0.1, 0.15) is 6.04 Å². The van der Waals surface area contributed by atoms with Gasteiger partial charge in [-0.05, 0) is 37.5 Å². The SMILES string of the molecule is C/C(=C\CNC(CS)C(=O)O)CCCC(C)CCCC(C)CCCC(C)C. The quantitative estimate of drug-likeness (QED) is 0.197. The first-order valence-electron chi connectivity index (χ1n) is 11.0. The number of thiol groups is 1. The molecule has 0 aromatic rings. The minimum atomic E-state index is -0.834. The predicted molar refractivity (Wildman–Crippen MR) is 122 cm³/mol. The van der Waals surface area contributed by atoms with Gasteiger partial charge in [-0.25, -0.2) is 0 Å². The highest BCUT2D eigenvalue weighted by molar-refractivity contribution is 7.80. The second-order valence-electron chi connectivity index (χ2n) is 8.89. The van der Waals surface area contributed by atoms with Crippen molar-refractivity contribution in [1.29, 1.82) is 0 Å². The summed E-state index contributed by atoms with van der Waals surface area (Å²) in [5, 5.41) is 12.0. The Morgan fingerprint density at radius 1 is 0.963 bits per heavy atom. The number of carboxylic acids is 1. The Morgan fingerprint density at radius 3 is 1.96 bits per heavy atom. The van der Waals surface area contributed by atoms with Crippen LogP contribution in [0.4, 0.5) is 0 Å². The van der Waals surface area contributed by atoms with E-state index in [-0.39, 0.29) is 0 Å². The van der Waals surface area contributed by atoms with Crippen molar-refractivity contribution in [3.8, 4) is 0 Å². The van der Waals surface area contributed by atoms with E-state index in [0.29, 0.717) is 12.3 Å². The van der Waals surface area contributed by atoms with Gasteiger partial charge in [-0.15, -0.1) is 0 Å². The molecule has 0 rings (SSSR count). The number of carbonyl (C=O) groups is 1. The second kappa shape index (κ2) is 16.5. The first-order chi connectivity index (χ1) is 12.8. The van der Waals surface area contributed by atoms with Crippen LogP contribution in [0.25, 0.3) is 0 Å². The third kappa shape index (κ3) is 16.2. The van der Waals surface area contributed by atoms with E-state index in [9.17, 15) is 4.79 Å². The Kier molecular flexibility index (Phi) is 16.2. The molecule has 0 bridgehead atoms. The van der Waals surface area contributed by atoms with Crippen molar-refractivity contribution in [3.63, 3.8) is 0 Å². The Balaban J connectivity index is 3.75. The summed E-state index contributed by atoms with van der Waals surface area (Å²) < 4.78 is 0. The molecule has 27 heavy (non-hydrogen) atoms. The van der Waals surface area contributed by atoms with Crippen LogP contribution in [-0.2, 0) is 4.79 Å². The van der Waals surface area contributed by atoms with Crippen molar-refractivity contribution < 1.29 is 9.90 Å². The molecule has 0 heterocycles. The maximum Gasteiger partial charge on any atom is 0.321 e. The maximum atomic E-state index is 10.9. The number of aliphatic carboxylic acids is 1. The van der Waals surface area contributed by atoms with Gasteiger partial charge in [-0.2, -0.15) is 12.6 Å². The minimum Gasteiger partial charge on any atom is -0.480 e. The molecule has 0 aliphatic carbocycles. The summed E-state index contributed by atoms with van der Waals surface area (Å²) in [4.78, 5) is 10.9. The normalized spacial score (nSPS) is 15.7. The fourth-order valence-electron chi connectivity index (χ4n) is 3.41. The lowest BCUT2D eigenvalue weighted by Gasteiger charge is -2.15. The third-order valence-electron chi connectivity index (χ3n) is 5.44. The molecule has 3 unspecified atom stereocenters. The van der Waals surface area contributed by atoms with E-state index in [4.69, 9.17) is 5.11 Å². The fourth-order valence-corrected chi connectivity index (χ4v) is 3.70. The molecule has 3 nitrogen and oxygen atoms in total. The molecular formula is C23H45NO2S. The van der Waals surface area contributed by atoms with Crippen LogP contribution in [0.3, 0.4) is 0 Å². The molecule has 0 saturated heterocycles. The van der Waals surface area contributed by atoms with Crippen LogP contribution in [0.15, 0.2) is 11.6 Å². The summed E-state index contributed by atoms with van der Waals surface area (Å²) in [6.07, 6.45) is 14.0. The van der Waals surface area contributed by atoms with Gasteiger partial charge in [0.25, 0.3) is 0 Å². The number of allylic oxidation sites excluding steroid dienone is 1. The van der Waals surface area contributed by atoms with E-state index in [2.05, 4.69) is 58.6 Å². The molecule has 3 atom stereocenters. The molecule has 0 aromatic carbocycles. The van der Waals surface area contributed by atoms with Crippen molar-refractivity contribution in [2.75, 3.05) is 12.3 Å². The summed E-state index contributed by atoms with van der Waals surface area (Å²) in [6, 6.07) is -0.565. The zero-order chi connectivity index (χ0) is 20.7. The predicted octanol–water partition coefficient (Wildman–Crippen LogP) is 6.34. The molecule has 0 spiro atoms. The number of hydrogen-bond acceptors (Lipinski definition) is 3. The smallest absolute Gasteiger partial charge is 0.321 e. The van der Waals surface area contributed by atoms with Gasteiger partial charge in [-0.1, -0.05) is 84.3 Å². The second-order valence-corrected chi connectivity index (χ2v) is 9.26. The molecule has 0 fully saturated rings. The van der Waals surface area contributed by atoms with E-state index in [1.807, 2.05) is 0 Å². The largest absolute Gasteiger partial charge is 0.480 e. The topological polar surface area (TPSA) is 49.3 Å². The lowest BCUT2D eigenvalue weighted by molar-refractivity contribution is -0.138. The Bertz CT molecular complexity index is 409. The van der Waals surface area contributed by atoms with Crippen molar-refractivity contribution in [2.45, 2.75) is 98.4 Å². The molecule has 4 heteroatoms. The van der Waals surface area contributed by atoms with Gasteiger partial charge in [0.05, 0.1) is 0 Å². The molecule has 0 aliphatic heterocycles. The van der Waals surface area contributed by atoms with Gasteiger partial charge < -0.3 is 10.4 Å². The molecule has 0 saturated carbocycles. The summed E-state index contributed by atoms with van der Waals surface area (Å²) >= 11 is 4.06. The summed E-state index contributed by atoms with van der Waals surface area (Å²) in [5.41, 5.74) is 1.34. The fraction of sp³-hybridized carbons (Fsp3) is 0.870. The van der Waals surface area contributed by atoms with Crippen molar-refractivity contribution >= 4 is 18.6 Å². The first-order valence-corrected chi connectivity index (χ1v) is 11.6. The first kappa shape index (κ1) is 26.5.